The molecule has 1 aromatic heterocycles. The van der Waals surface area contributed by atoms with Gasteiger partial charge < -0.3 is 5.32 Å². The van der Waals surface area contributed by atoms with Crippen LogP contribution in [0.2, 0.25) is 0 Å². The molecule has 0 radical (unpaired) electrons. The van der Waals surface area contributed by atoms with E-state index in [1.807, 2.05) is 6.92 Å². The van der Waals surface area contributed by atoms with Crippen LogP contribution in [0.15, 0.2) is 9.59 Å². The van der Waals surface area contributed by atoms with Crippen molar-refractivity contribution in [1.82, 2.24) is 14.1 Å². The number of nitrogens with one attached hydrogen (secondary N) is 1. The van der Waals surface area contributed by atoms with Crippen molar-refractivity contribution in [2.24, 2.45) is 7.05 Å². The van der Waals surface area contributed by atoms with E-state index in [2.05, 4.69) is 10.3 Å². The fourth-order valence-electron chi connectivity index (χ4n) is 1.31. The lowest BCUT2D eigenvalue weighted by Crippen LogP contribution is -2.41. The first-order valence-electron chi connectivity index (χ1n) is 4.97. The van der Waals surface area contributed by atoms with Gasteiger partial charge in [-0.05, 0) is 6.42 Å². The molecule has 0 spiro atoms. The van der Waals surface area contributed by atoms with Gasteiger partial charge in [0, 0.05) is 20.6 Å². The van der Waals surface area contributed by atoms with Crippen LogP contribution in [-0.2, 0) is 13.6 Å². The molecular formula is C9H16N4O2. The molecule has 0 atom stereocenters. The smallest absolute Gasteiger partial charge is 0.354 e. The van der Waals surface area contributed by atoms with Gasteiger partial charge in [-0.3, -0.25) is 4.57 Å². The average molecular weight is 212 g/mol. The summed E-state index contributed by atoms with van der Waals surface area (Å²) < 4.78 is 2.49. The Morgan fingerprint density at radius 2 is 2.07 bits per heavy atom. The Hall–Kier alpha value is -1.59. The van der Waals surface area contributed by atoms with Gasteiger partial charge in [-0.15, -0.1) is 0 Å². The molecule has 1 heterocycles. The molecule has 0 aliphatic carbocycles. The minimum absolute atomic E-state index is 0.290. The zero-order chi connectivity index (χ0) is 11.4. The van der Waals surface area contributed by atoms with Crippen LogP contribution in [-0.4, -0.2) is 21.2 Å². The third-order valence-corrected chi connectivity index (χ3v) is 2.23. The van der Waals surface area contributed by atoms with E-state index in [4.69, 9.17) is 0 Å². The number of aromatic nitrogens is 3. The zero-order valence-corrected chi connectivity index (χ0v) is 9.28. The monoisotopic (exact) mass is 212 g/mol. The lowest BCUT2D eigenvalue weighted by Gasteiger charge is -2.09. The molecule has 6 heteroatoms. The van der Waals surface area contributed by atoms with Crippen molar-refractivity contribution in [2.75, 3.05) is 12.4 Å². The lowest BCUT2D eigenvalue weighted by molar-refractivity contribution is 0.540. The van der Waals surface area contributed by atoms with Crippen molar-refractivity contribution in [2.45, 2.75) is 26.3 Å². The Kier molecular flexibility index (Phi) is 3.65. The first-order chi connectivity index (χ1) is 7.11. The minimum Gasteiger partial charge on any atom is -0.358 e. The summed E-state index contributed by atoms with van der Waals surface area (Å²) in [5, 5.41) is 2.70. The van der Waals surface area contributed by atoms with Gasteiger partial charge >= 0.3 is 11.4 Å². The van der Waals surface area contributed by atoms with E-state index in [-0.39, 0.29) is 11.6 Å². The summed E-state index contributed by atoms with van der Waals surface area (Å²) in [6, 6.07) is 0. The highest BCUT2D eigenvalue weighted by molar-refractivity contribution is 5.21. The summed E-state index contributed by atoms with van der Waals surface area (Å²) in [4.78, 5) is 27.0. The molecule has 84 valence electrons. The van der Waals surface area contributed by atoms with Crippen LogP contribution >= 0.6 is 0 Å². The van der Waals surface area contributed by atoms with Gasteiger partial charge in [-0.1, -0.05) is 13.3 Å². The van der Waals surface area contributed by atoms with Crippen molar-refractivity contribution >= 4 is 5.95 Å². The van der Waals surface area contributed by atoms with E-state index >= 15 is 0 Å². The van der Waals surface area contributed by atoms with E-state index in [1.54, 1.807) is 14.1 Å². The fraction of sp³-hybridized carbons (Fsp3) is 0.667. The first-order valence-corrected chi connectivity index (χ1v) is 4.97. The molecule has 0 aliphatic heterocycles. The Morgan fingerprint density at radius 1 is 1.40 bits per heavy atom. The average Bonchev–Trinajstić information content (AvgIpc) is 2.23. The molecule has 1 aromatic rings. The quantitative estimate of drug-likeness (QED) is 0.749. The van der Waals surface area contributed by atoms with E-state index in [0.717, 1.165) is 17.4 Å². The second-order valence-electron chi connectivity index (χ2n) is 3.31. The molecule has 1 N–H and O–H groups in total. The molecule has 0 amide bonds. The summed E-state index contributed by atoms with van der Waals surface area (Å²) in [6.07, 6.45) is 1.74. The largest absolute Gasteiger partial charge is 0.358 e. The van der Waals surface area contributed by atoms with Gasteiger partial charge in [0.1, 0.15) is 0 Å². The predicted molar refractivity (Wildman–Crippen MR) is 58.2 cm³/mol. The first kappa shape index (κ1) is 11.5. The van der Waals surface area contributed by atoms with Gasteiger partial charge in [0.15, 0.2) is 0 Å². The Bertz CT molecular complexity index is 446. The van der Waals surface area contributed by atoms with Crippen LogP contribution in [0.4, 0.5) is 5.95 Å². The molecule has 0 unspecified atom stereocenters. The minimum atomic E-state index is -0.490. The van der Waals surface area contributed by atoms with Crippen molar-refractivity contribution in [3.63, 3.8) is 0 Å². The Balaban J connectivity index is 3.24. The summed E-state index contributed by atoms with van der Waals surface area (Å²) in [6.45, 7) is 2.43. The number of hydrogen-bond donors (Lipinski definition) is 1. The van der Waals surface area contributed by atoms with Gasteiger partial charge in [-0.25, -0.2) is 14.2 Å². The van der Waals surface area contributed by atoms with Gasteiger partial charge in [0.2, 0.25) is 5.95 Å². The second kappa shape index (κ2) is 4.77. The maximum atomic E-state index is 11.7. The number of rotatable bonds is 4. The third kappa shape index (κ3) is 2.26. The predicted octanol–water partition coefficient (Wildman–Crippen LogP) is -0.216. The van der Waals surface area contributed by atoms with Crippen LogP contribution in [0.1, 0.15) is 19.8 Å². The van der Waals surface area contributed by atoms with Crippen LogP contribution in [0.25, 0.3) is 0 Å². The maximum Gasteiger partial charge on any atom is 0.354 e. The Morgan fingerprint density at radius 3 is 2.60 bits per heavy atom. The molecule has 0 saturated carbocycles. The molecule has 0 bridgehead atoms. The van der Waals surface area contributed by atoms with E-state index in [9.17, 15) is 9.59 Å². The molecule has 0 saturated heterocycles. The van der Waals surface area contributed by atoms with Gasteiger partial charge in [-0.2, -0.15) is 4.98 Å². The number of anilines is 1. The van der Waals surface area contributed by atoms with Crippen molar-refractivity contribution in [3.05, 3.63) is 21.0 Å². The summed E-state index contributed by atoms with van der Waals surface area (Å²) in [5.74, 6) is 0.290. The molecular weight excluding hydrogens is 196 g/mol. The molecule has 0 aliphatic rings. The molecule has 15 heavy (non-hydrogen) atoms. The summed E-state index contributed by atoms with van der Waals surface area (Å²) in [7, 11) is 3.21. The van der Waals surface area contributed by atoms with Crippen LogP contribution in [0.5, 0.6) is 0 Å². The highest BCUT2D eigenvalue weighted by Crippen LogP contribution is 1.92. The number of nitrogens with zero attached hydrogens (tertiary/aromatic N) is 3. The Labute approximate surface area is 87.6 Å². The number of unbranched alkanes of at least 4 members (excludes halogenated alkanes) is 1. The van der Waals surface area contributed by atoms with E-state index in [0.29, 0.717) is 6.54 Å². The normalized spacial score (nSPS) is 10.3. The number of hydrogen-bond acceptors (Lipinski definition) is 4. The maximum absolute atomic E-state index is 11.7. The fourth-order valence-corrected chi connectivity index (χ4v) is 1.31. The van der Waals surface area contributed by atoms with Crippen LogP contribution < -0.4 is 16.7 Å². The van der Waals surface area contributed by atoms with Gasteiger partial charge in [0.05, 0.1) is 0 Å². The molecule has 6 nitrogen and oxygen atoms in total. The zero-order valence-electron chi connectivity index (χ0n) is 9.28. The summed E-state index contributed by atoms with van der Waals surface area (Å²) >= 11 is 0. The molecule has 0 fully saturated rings. The van der Waals surface area contributed by atoms with Crippen LogP contribution in [0.3, 0.4) is 0 Å². The van der Waals surface area contributed by atoms with Gasteiger partial charge in [0.25, 0.3) is 0 Å². The van der Waals surface area contributed by atoms with Crippen molar-refractivity contribution < 1.29 is 0 Å². The standard InChI is InChI=1S/C9H16N4O2/c1-4-5-6-13-8(14)11-7(10-2)12(3)9(13)15/h4-6H2,1-3H3,(H,10,11,14). The third-order valence-electron chi connectivity index (χ3n) is 2.23. The SMILES string of the molecule is CCCCn1c(=O)nc(NC)n(C)c1=O. The van der Waals surface area contributed by atoms with E-state index < -0.39 is 5.69 Å². The second-order valence-corrected chi connectivity index (χ2v) is 3.31. The summed E-state index contributed by atoms with van der Waals surface area (Å²) in [5.41, 5.74) is -0.816. The van der Waals surface area contributed by atoms with Crippen LogP contribution in [0, 0.1) is 0 Å². The van der Waals surface area contributed by atoms with E-state index in [1.165, 1.54) is 4.57 Å². The topological polar surface area (TPSA) is 68.9 Å². The lowest BCUT2D eigenvalue weighted by atomic mass is 10.3. The van der Waals surface area contributed by atoms with Crippen molar-refractivity contribution in [3.8, 4) is 0 Å². The molecule has 1 rings (SSSR count). The molecule has 0 aromatic carbocycles. The highest BCUT2D eigenvalue weighted by Gasteiger charge is 2.07. The highest BCUT2D eigenvalue weighted by atomic mass is 16.2. The van der Waals surface area contributed by atoms with Crippen molar-refractivity contribution in [1.29, 1.82) is 0 Å².